The third-order valence-electron chi connectivity index (χ3n) is 3.27. The van der Waals surface area contributed by atoms with Gasteiger partial charge in [0.2, 0.25) is 5.91 Å². The van der Waals surface area contributed by atoms with Gasteiger partial charge >= 0.3 is 0 Å². The summed E-state index contributed by atoms with van der Waals surface area (Å²) in [5.41, 5.74) is 0.723. The molecule has 0 N–H and O–H groups in total. The fraction of sp³-hybridized carbons (Fsp3) is 0.500. The Balaban J connectivity index is 2.15. The van der Waals surface area contributed by atoms with Gasteiger partial charge in [0.05, 0.1) is 18.0 Å². The van der Waals surface area contributed by atoms with E-state index in [-0.39, 0.29) is 11.9 Å². The van der Waals surface area contributed by atoms with Crippen LogP contribution in [-0.2, 0) is 16.0 Å². The minimum atomic E-state index is -0.510. The Labute approximate surface area is 116 Å². The lowest BCUT2D eigenvalue weighted by Crippen LogP contribution is -2.49. The number of ether oxygens (including phenoxy) is 1. The van der Waals surface area contributed by atoms with E-state index >= 15 is 0 Å². The fourth-order valence-corrected chi connectivity index (χ4v) is 2.76. The van der Waals surface area contributed by atoms with E-state index in [1.54, 1.807) is 0 Å². The summed E-state index contributed by atoms with van der Waals surface area (Å²) < 4.78 is 5.74. The first-order valence-corrected chi connectivity index (χ1v) is 7.23. The van der Waals surface area contributed by atoms with E-state index < -0.39 is 5.72 Å². The molecule has 1 fully saturated rings. The summed E-state index contributed by atoms with van der Waals surface area (Å²) in [5.74, 6) is 0.0819. The summed E-state index contributed by atoms with van der Waals surface area (Å²) in [6, 6.07) is 10.3. The third-order valence-corrected chi connectivity index (χ3v) is 3.75. The number of amides is 1. The van der Waals surface area contributed by atoms with Crippen LogP contribution in [0.1, 0.15) is 19.4 Å². The quantitative estimate of drug-likeness (QED) is 0.803. The van der Waals surface area contributed by atoms with Gasteiger partial charge < -0.3 is 9.64 Å². The largest absolute Gasteiger partial charge is 0.354 e. The number of hydrogen-bond donors (Lipinski definition) is 0. The zero-order valence-corrected chi connectivity index (χ0v) is 12.3. The van der Waals surface area contributed by atoms with Crippen molar-refractivity contribution in [1.29, 1.82) is 0 Å². The summed E-state index contributed by atoms with van der Waals surface area (Å²) in [5, 5.41) is 0.338. The molecule has 1 aliphatic heterocycles. The van der Waals surface area contributed by atoms with Gasteiger partial charge in [-0.15, -0.1) is 0 Å². The number of rotatable bonds is 3. The minimum absolute atomic E-state index is 0.0819. The molecule has 3 nitrogen and oxygen atoms in total. The highest BCUT2D eigenvalue weighted by atomic mass is 79.9. The second-order valence-corrected chi connectivity index (χ2v) is 5.56. The van der Waals surface area contributed by atoms with E-state index in [9.17, 15) is 4.79 Å². The number of nitrogens with zero attached hydrogens (tertiary/aromatic N) is 1. The molecule has 0 radical (unpaired) electrons. The molecule has 2 rings (SSSR count). The highest BCUT2D eigenvalue weighted by Crippen LogP contribution is 2.29. The molecule has 1 aliphatic rings. The predicted molar refractivity (Wildman–Crippen MR) is 74.6 cm³/mol. The van der Waals surface area contributed by atoms with Gasteiger partial charge in [-0.2, -0.15) is 0 Å². The van der Waals surface area contributed by atoms with Gasteiger partial charge in [0.1, 0.15) is 5.72 Å². The predicted octanol–water partition coefficient (Wildman–Crippen LogP) is 2.59. The lowest BCUT2D eigenvalue weighted by Gasteiger charge is -2.33. The first-order valence-electron chi connectivity index (χ1n) is 6.10. The van der Waals surface area contributed by atoms with Gasteiger partial charge in [-0.05, 0) is 25.8 Å². The smallest absolute Gasteiger partial charge is 0.235 e. The van der Waals surface area contributed by atoms with Gasteiger partial charge in [-0.25, -0.2) is 0 Å². The summed E-state index contributed by atoms with van der Waals surface area (Å²) >= 11 is 3.24. The van der Waals surface area contributed by atoms with Gasteiger partial charge in [0.25, 0.3) is 0 Å². The molecule has 1 unspecified atom stereocenters. The van der Waals surface area contributed by atoms with E-state index in [1.807, 2.05) is 36.9 Å². The number of hydrogen-bond acceptors (Lipinski definition) is 2. The van der Waals surface area contributed by atoms with E-state index in [4.69, 9.17) is 4.74 Å². The van der Waals surface area contributed by atoms with Crippen LogP contribution in [-0.4, -0.2) is 34.5 Å². The van der Waals surface area contributed by atoms with Gasteiger partial charge in [0, 0.05) is 0 Å². The molecule has 98 valence electrons. The Kier molecular flexibility index (Phi) is 4.07. The summed E-state index contributed by atoms with van der Waals surface area (Å²) in [4.78, 5) is 13.9. The Morgan fingerprint density at radius 3 is 2.72 bits per heavy atom. The Hall–Kier alpha value is -0.870. The number of alkyl halides is 1. The first-order chi connectivity index (χ1) is 8.54. The van der Waals surface area contributed by atoms with E-state index in [0.29, 0.717) is 11.9 Å². The van der Waals surface area contributed by atoms with Crippen molar-refractivity contribution in [3.05, 3.63) is 35.9 Å². The van der Waals surface area contributed by atoms with Crippen molar-refractivity contribution in [2.75, 3.05) is 11.9 Å². The van der Waals surface area contributed by atoms with Crippen molar-refractivity contribution < 1.29 is 9.53 Å². The third kappa shape index (κ3) is 2.75. The normalized spacial score (nSPS) is 22.2. The Bertz CT molecular complexity index is 419. The molecule has 1 aromatic rings. The molecule has 1 aromatic carbocycles. The van der Waals surface area contributed by atoms with Crippen LogP contribution in [0.15, 0.2) is 30.3 Å². The first kappa shape index (κ1) is 13.6. The summed E-state index contributed by atoms with van der Waals surface area (Å²) in [6.07, 6.45) is 0.836. The zero-order valence-electron chi connectivity index (χ0n) is 10.7. The molecular weight excluding hydrogens is 294 g/mol. The van der Waals surface area contributed by atoms with Gasteiger partial charge in [0.15, 0.2) is 0 Å². The molecule has 0 spiro atoms. The maximum absolute atomic E-state index is 12.0. The van der Waals surface area contributed by atoms with Crippen molar-refractivity contribution >= 4 is 21.8 Å². The van der Waals surface area contributed by atoms with Gasteiger partial charge in [-0.1, -0.05) is 46.3 Å². The van der Waals surface area contributed by atoms with E-state index in [0.717, 1.165) is 6.42 Å². The highest BCUT2D eigenvalue weighted by Gasteiger charge is 2.42. The minimum Gasteiger partial charge on any atom is -0.354 e. The van der Waals surface area contributed by atoms with Crippen LogP contribution in [0.3, 0.4) is 0 Å². The maximum Gasteiger partial charge on any atom is 0.235 e. The van der Waals surface area contributed by atoms with Crippen LogP contribution in [0, 0.1) is 0 Å². The molecule has 1 saturated heterocycles. The van der Waals surface area contributed by atoms with Gasteiger partial charge in [-0.3, -0.25) is 4.79 Å². The number of carbonyl (C=O) groups excluding carboxylic acids is 1. The van der Waals surface area contributed by atoms with Crippen molar-refractivity contribution in [3.63, 3.8) is 0 Å². The number of halogens is 1. The monoisotopic (exact) mass is 311 g/mol. The van der Waals surface area contributed by atoms with Crippen molar-refractivity contribution in [3.8, 4) is 0 Å². The van der Waals surface area contributed by atoms with Crippen LogP contribution < -0.4 is 0 Å². The fourth-order valence-electron chi connectivity index (χ4n) is 2.49. The maximum atomic E-state index is 12.0. The molecule has 1 heterocycles. The van der Waals surface area contributed by atoms with Crippen LogP contribution in [0.4, 0.5) is 0 Å². The Morgan fingerprint density at radius 1 is 1.44 bits per heavy atom. The van der Waals surface area contributed by atoms with Crippen LogP contribution in [0.2, 0.25) is 0 Å². The lowest BCUT2D eigenvalue weighted by molar-refractivity contribution is -0.142. The second kappa shape index (κ2) is 5.41. The SMILES string of the molecule is CC1(C)OCC(Cc2ccccc2)N1C(=O)CBr. The molecule has 1 amide bonds. The zero-order chi connectivity index (χ0) is 13.2. The highest BCUT2D eigenvalue weighted by molar-refractivity contribution is 9.09. The van der Waals surface area contributed by atoms with Crippen LogP contribution in [0.25, 0.3) is 0 Å². The standard InChI is InChI=1S/C14H18BrNO2/c1-14(2)16(13(17)9-15)12(10-18-14)8-11-6-4-3-5-7-11/h3-7,12H,8-10H2,1-2H3. The summed E-state index contributed by atoms with van der Waals surface area (Å²) in [7, 11) is 0. The molecule has 4 heteroatoms. The van der Waals surface area contributed by atoms with Crippen molar-refractivity contribution in [1.82, 2.24) is 4.90 Å². The average molecular weight is 312 g/mol. The second-order valence-electron chi connectivity index (χ2n) is 5.00. The molecular formula is C14H18BrNO2. The number of benzene rings is 1. The molecule has 0 saturated carbocycles. The topological polar surface area (TPSA) is 29.5 Å². The van der Waals surface area contributed by atoms with E-state index in [1.165, 1.54) is 5.56 Å². The lowest BCUT2D eigenvalue weighted by atomic mass is 10.0. The van der Waals surface area contributed by atoms with E-state index in [2.05, 4.69) is 28.1 Å². The summed E-state index contributed by atoms with van der Waals surface area (Å²) in [6.45, 7) is 4.48. The molecule has 1 atom stereocenters. The molecule has 0 aromatic heterocycles. The van der Waals surface area contributed by atoms with Crippen molar-refractivity contribution in [2.45, 2.75) is 32.0 Å². The van der Waals surface area contributed by atoms with Crippen LogP contribution in [0.5, 0.6) is 0 Å². The van der Waals surface area contributed by atoms with Crippen LogP contribution >= 0.6 is 15.9 Å². The van der Waals surface area contributed by atoms with Crippen molar-refractivity contribution in [2.24, 2.45) is 0 Å². The Morgan fingerprint density at radius 2 is 2.11 bits per heavy atom. The molecule has 0 bridgehead atoms. The number of carbonyl (C=O) groups is 1. The molecule has 0 aliphatic carbocycles. The average Bonchev–Trinajstić information content (AvgIpc) is 2.65. The molecule has 18 heavy (non-hydrogen) atoms.